The van der Waals surface area contributed by atoms with Crippen molar-refractivity contribution in [2.75, 3.05) is 0 Å². The molecule has 0 aliphatic carbocycles. The summed E-state index contributed by atoms with van der Waals surface area (Å²) in [6, 6.07) is 3.45. The Morgan fingerprint density at radius 2 is 2.25 bits per heavy atom. The molecule has 1 atom stereocenters. The molecular formula is C17H16N2O4S. The Bertz CT molecular complexity index is 967. The molecule has 0 fully saturated rings. The minimum absolute atomic E-state index is 0.217. The third-order valence-corrected chi connectivity index (χ3v) is 4.76. The van der Waals surface area contributed by atoms with Gasteiger partial charge in [0.25, 0.3) is 5.56 Å². The van der Waals surface area contributed by atoms with E-state index < -0.39 is 12.1 Å². The van der Waals surface area contributed by atoms with E-state index >= 15 is 0 Å². The van der Waals surface area contributed by atoms with Crippen LogP contribution in [0.15, 0.2) is 33.7 Å². The Labute approximate surface area is 141 Å². The highest BCUT2D eigenvalue weighted by atomic mass is 32.1. The van der Waals surface area contributed by atoms with Gasteiger partial charge in [0.1, 0.15) is 10.6 Å². The molecule has 3 heterocycles. The second-order valence-electron chi connectivity index (χ2n) is 5.34. The van der Waals surface area contributed by atoms with E-state index in [1.54, 1.807) is 19.1 Å². The zero-order valence-electron chi connectivity index (χ0n) is 13.5. The van der Waals surface area contributed by atoms with Crippen LogP contribution in [0.25, 0.3) is 16.3 Å². The molecule has 0 unspecified atom stereocenters. The maximum absolute atomic E-state index is 12.2. The first kappa shape index (κ1) is 16.2. The second kappa shape index (κ2) is 6.45. The lowest BCUT2D eigenvalue weighted by Crippen LogP contribution is -2.16. The van der Waals surface area contributed by atoms with Gasteiger partial charge >= 0.3 is 5.97 Å². The number of H-pyrrole nitrogens is 1. The molecule has 0 aliphatic heterocycles. The largest absolute Gasteiger partial charge is 0.465 e. The highest BCUT2D eigenvalue weighted by molar-refractivity contribution is 7.18. The van der Waals surface area contributed by atoms with Gasteiger partial charge in [-0.25, -0.2) is 9.78 Å². The first-order valence-electron chi connectivity index (χ1n) is 7.38. The van der Waals surface area contributed by atoms with E-state index in [1.807, 2.05) is 13.8 Å². The number of furan rings is 1. The van der Waals surface area contributed by atoms with E-state index in [0.29, 0.717) is 21.8 Å². The molecular weight excluding hydrogens is 328 g/mol. The molecule has 0 amide bonds. The van der Waals surface area contributed by atoms with Crippen LogP contribution in [-0.2, 0) is 9.53 Å². The predicted octanol–water partition coefficient (Wildman–Crippen LogP) is 3.51. The van der Waals surface area contributed by atoms with Crippen molar-refractivity contribution in [3.05, 3.63) is 56.9 Å². The number of carbonyl (C=O) groups excluding carboxylic acids is 1. The van der Waals surface area contributed by atoms with Crippen LogP contribution in [0.3, 0.4) is 0 Å². The van der Waals surface area contributed by atoms with Gasteiger partial charge in [0.15, 0.2) is 11.9 Å². The zero-order valence-corrected chi connectivity index (χ0v) is 14.3. The SMILES string of the molecule is Cc1sc2nc([C@@H](C)OC(=O)/C=C/c3ccco3)[nH]c(=O)c2c1C. The summed E-state index contributed by atoms with van der Waals surface area (Å²) in [7, 11) is 0. The molecule has 1 N–H and O–H groups in total. The number of hydrogen-bond donors (Lipinski definition) is 1. The van der Waals surface area contributed by atoms with E-state index in [9.17, 15) is 9.59 Å². The van der Waals surface area contributed by atoms with Crippen LogP contribution >= 0.6 is 11.3 Å². The van der Waals surface area contributed by atoms with Gasteiger partial charge in [-0.05, 0) is 44.5 Å². The van der Waals surface area contributed by atoms with Gasteiger partial charge in [0.2, 0.25) is 0 Å². The summed E-state index contributed by atoms with van der Waals surface area (Å²) in [5.74, 6) is 0.339. The van der Waals surface area contributed by atoms with Gasteiger partial charge in [0, 0.05) is 11.0 Å². The molecule has 0 saturated carbocycles. The maximum atomic E-state index is 12.2. The molecule has 3 aromatic heterocycles. The number of nitrogens with zero attached hydrogens (tertiary/aromatic N) is 1. The number of aryl methyl sites for hydroxylation is 2. The van der Waals surface area contributed by atoms with Gasteiger partial charge in [-0.2, -0.15) is 0 Å². The van der Waals surface area contributed by atoms with Crippen molar-refractivity contribution < 1.29 is 13.9 Å². The normalized spacial score (nSPS) is 12.8. The Morgan fingerprint density at radius 3 is 2.96 bits per heavy atom. The van der Waals surface area contributed by atoms with Crippen LogP contribution < -0.4 is 5.56 Å². The van der Waals surface area contributed by atoms with E-state index in [2.05, 4.69) is 9.97 Å². The lowest BCUT2D eigenvalue weighted by atomic mass is 10.2. The summed E-state index contributed by atoms with van der Waals surface area (Å²) in [5, 5.41) is 0.595. The van der Waals surface area contributed by atoms with Gasteiger partial charge in [-0.15, -0.1) is 11.3 Å². The molecule has 3 rings (SSSR count). The Kier molecular flexibility index (Phi) is 4.35. The zero-order chi connectivity index (χ0) is 17.3. The van der Waals surface area contributed by atoms with Crippen LogP contribution in [0, 0.1) is 13.8 Å². The summed E-state index contributed by atoms with van der Waals surface area (Å²) >= 11 is 1.45. The second-order valence-corrected chi connectivity index (χ2v) is 6.55. The van der Waals surface area contributed by atoms with Crippen molar-refractivity contribution in [3.63, 3.8) is 0 Å². The average Bonchev–Trinajstić information content (AvgIpc) is 3.14. The Hall–Kier alpha value is -2.67. The third kappa shape index (κ3) is 3.16. The van der Waals surface area contributed by atoms with E-state index in [1.165, 1.54) is 29.8 Å². The lowest BCUT2D eigenvalue weighted by Gasteiger charge is -2.10. The van der Waals surface area contributed by atoms with Crippen molar-refractivity contribution in [1.82, 2.24) is 9.97 Å². The number of hydrogen-bond acceptors (Lipinski definition) is 6. The number of carbonyl (C=O) groups is 1. The number of ether oxygens (including phenoxy) is 1. The number of fused-ring (bicyclic) bond motifs is 1. The molecule has 6 nitrogen and oxygen atoms in total. The van der Waals surface area contributed by atoms with Crippen LogP contribution in [0.1, 0.15) is 35.1 Å². The van der Waals surface area contributed by atoms with Crippen molar-refractivity contribution in [3.8, 4) is 0 Å². The molecule has 0 saturated heterocycles. The quantitative estimate of drug-likeness (QED) is 0.578. The highest BCUT2D eigenvalue weighted by Crippen LogP contribution is 2.26. The van der Waals surface area contributed by atoms with Gasteiger partial charge in [-0.1, -0.05) is 0 Å². The minimum Gasteiger partial charge on any atom is -0.465 e. The molecule has 3 aromatic rings. The summed E-state index contributed by atoms with van der Waals surface area (Å²) < 4.78 is 10.4. The van der Waals surface area contributed by atoms with E-state index in [0.717, 1.165) is 10.4 Å². The number of aromatic amines is 1. The fourth-order valence-electron chi connectivity index (χ4n) is 2.27. The first-order chi connectivity index (χ1) is 11.5. The summed E-state index contributed by atoms with van der Waals surface area (Å²) in [6.45, 7) is 5.51. The third-order valence-electron chi connectivity index (χ3n) is 3.66. The fraction of sp³-hybridized carbons (Fsp3) is 0.235. The molecule has 0 aromatic carbocycles. The van der Waals surface area contributed by atoms with Crippen LogP contribution in [-0.4, -0.2) is 15.9 Å². The summed E-state index contributed by atoms with van der Waals surface area (Å²) in [5.41, 5.74) is 0.715. The number of thiophene rings is 1. The Morgan fingerprint density at radius 1 is 1.46 bits per heavy atom. The summed E-state index contributed by atoms with van der Waals surface area (Å²) in [6.07, 6.45) is 3.63. The topological polar surface area (TPSA) is 85.2 Å². The molecule has 0 bridgehead atoms. The van der Waals surface area contributed by atoms with Crippen molar-refractivity contribution in [2.24, 2.45) is 0 Å². The van der Waals surface area contributed by atoms with E-state index in [4.69, 9.17) is 9.15 Å². The molecule has 7 heteroatoms. The van der Waals surface area contributed by atoms with Crippen molar-refractivity contribution >= 4 is 33.6 Å². The maximum Gasteiger partial charge on any atom is 0.331 e. The summed E-state index contributed by atoms with van der Waals surface area (Å²) in [4.78, 5) is 32.9. The number of nitrogens with one attached hydrogen (secondary N) is 1. The smallest absolute Gasteiger partial charge is 0.331 e. The molecule has 124 valence electrons. The first-order valence-corrected chi connectivity index (χ1v) is 8.19. The lowest BCUT2D eigenvalue weighted by molar-refractivity contribution is -0.142. The number of rotatable bonds is 4. The van der Waals surface area contributed by atoms with Gasteiger partial charge in [0.05, 0.1) is 11.6 Å². The molecule has 0 radical (unpaired) electrons. The number of aromatic nitrogens is 2. The highest BCUT2D eigenvalue weighted by Gasteiger charge is 2.17. The van der Waals surface area contributed by atoms with Crippen molar-refractivity contribution in [2.45, 2.75) is 26.9 Å². The average molecular weight is 344 g/mol. The van der Waals surface area contributed by atoms with Crippen LogP contribution in [0.5, 0.6) is 0 Å². The van der Waals surface area contributed by atoms with Gasteiger partial charge < -0.3 is 14.1 Å². The van der Waals surface area contributed by atoms with Gasteiger partial charge in [-0.3, -0.25) is 4.79 Å². The standard InChI is InChI=1S/C17H16N2O4S/c1-9-11(3)24-17-14(9)16(21)18-15(19-17)10(2)23-13(20)7-6-12-5-4-8-22-12/h4-8,10H,1-3H3,(H,18,19,21)/b7-6+/t10-/m1/s1. The van der Waals surface area contributed by atoms with Crippen LogP contribution in [0.4, 0.5) is 0 Å². The molecule has 0 aliphatic rings. The molecule has 24 heavy (non-hydrogen) atoms. The van der Waals surface area contributed by atoms with Crippen molar-refractivity contribution in [1.29, 1.82) is 0 Å². The fourth-order valence-corrected chi connectivity index (χ4v) is 3.31. The number of esters is 1. The predicted molar refractivity (Wildman–Crippen MR) is 92.0 cm³/mol. The Balaban J connectivity index is 1.80. The van der Waals surface area contributed by atoms with E-state index in [-0.39, 0.29) is 5.56 Å². The minimum atomic E-state index is -0.668. The molecule has 0 spiro atoms. The van der Waals surface area contributed by atoms with Crippen LogP contribution in [0.2, 0.25) is 0 Å². The monoisotopic (exact) mass is 344 g/mol.